The highest BCUT2D eigenvalue weighted by atomic mass is 16.5. The minimum atomic E-state index is -0.387. The van der Waals surface area contributed by atoms with Crippen molar-refractivity contribution in [3.05, 3.63) is 24.3 Å². The third-order valence-corrected chi connectivity index (χ3v) is 5.71. The number of nitrogens with zero attached hydrogens (tertiary/aromatic N) is 1. The summed E-state index contributed by atoms with van der Waals surface area (Å²) in [5.41, 5.74) is 0.706. The summed E-state index contributed by atoms with van der Waals surface area (Å²) >= 11 is 0. The molecule has 3 N–H and O–H groups in total. The fourth-order valence-corrected chi connectivity index (χ4v) is 4.24. The Labute approximate surface area is 171 Å². The summed E-state index contributed by atoms with van der Waals surface area (Å²) in [7, 11) is 0. The van der Waals surface area contributed by atoms with Crippen molar-refractivity contribution < 1.29 is 19.1 Å². The largest absolute Gasteiger partial charge is 0.490 e. The van der Waals surface area contributed by atoms with Gasteiger partial charge in [-0.15, -0.1) is 0 Å². The zero-order valence-electron chi connectivity index (χ0n) is 16.7. The van der Waals surface area contributed by atoms with Gasteiger partial charge in [-0.3, -0.25) is 19.8 Å². The normalized spacial score (nSPS) is 26.1. The Hall–Kier alpha value is -2.16. The van der Waals surface area contributed by atoms with Gasteiger partial charge < -0.3 is 20.1 Å². The van der Waals surface area contributed by atoms with E-state index in [1.54, 1.807) is 0 Å². The van der Waals surface area contributed by atoms with Gasteiger partial charge >= 0.3 is 0 Å². The SMILES string of the molecule is O=C(CC1NC(=O)CC(N2CCOCC2)N1)Nc1cccc(OC2CCCC2)c1. The predicted octanol–water partition coefficient (Wildman–Crippen LogP) is 1.43. The summed E-state index contributed by atoms with van der Waals surface area (Å²) in [6.07, 6.45) is 5.00. The van der Waals surface area contributed by atoms with Crippen LogP contribution in [0.5, 0.6) is 5.75 Å². The van der Waals surface area contributed by atoms with Crippen molar-refractivity contribution in [1.82, 2.24) is 15.5 Å². The molecule has 0 aromatic heterocycles. The molecule has 2 amide bonds. The van der Waals surface area contributed by atoms with Gasteiger partial charge in [0.25, 0.3) is 0 Å². The average Bonchev–Trinajstić information content (AvgIpc) is 3.21. The fraction of sp³-hybridized carbons (Fsp3) is 0.619. The minimum absolute atomic E-state index is 0.0370. The molecule has 0 spiro atoms. The van der Waals surface area contributed by atoms with Crippen LogP contribution in [0.2, 0.25) is 0 Å². The maximum Gasteiger partial charge on any atom is 0.227 e. The van der Waals surface area contributed by atoms with E-state index in [-0.39, 0.29) is 36.7 Å². The summed E-state index contributed by atoms with van der Waals surface area (Å²) < 4.78 is 11.4. The minimum Gasteiger partial charge on any atom is -0.490 e. The molecule has 158 valence electrons. The molecule has 4 rings (SSSR count). The molecular formula is C21H30N4O4. The van der Waals surface area contributed by atoms with Gasteiger partial charge in [0, 0.05) is 24.8 Å². The summed E-state index contributed by atoms with van der Waals surface area (Å²) in [6.45, 7) is 2.92. The van der Waals surface area contributed by atoms with Crippen LogP contribution in [0.1, 0.15) is 38.5 Å². The van der Waals surface area contributed by atoms with Crippen molar-refractivity contribution in [3.63, 3.8) is 0 Å². The molecule has 1 aliphatic carbocycles. The third kappa shape index (κ3) is 5.68. The smallest absolute Gasteiger partial charge is 0.227 e. The van der Waals surface area contributed by atoms with E-state index < -0.39 is 0 Å². The van der Waals surface area contributed by atoms with Crippen molar-refractivity contribution >= 4 is 17.5 Å². The van der Waals surface area contributed by atoms with Crippen molar-refractivity contribution in [3.8, 4) is 5.75 Å². The highest BCUT2D eigenvalue weighted by Gasteiger charge is 2.31. The molecule has 2 heterocycles. The van der Waals surface area contributed by atoms with Crippen molar-refractivity contribution in [2.45, 2.75) is 57.0 Å². The maximum absolute atomic E-state index is 12.5. The van der Waals surface area contributed by atoms with Crippen LogP contribution < -0.4 is 20.7 Å². The number of anilines is 1. The zero-order valence-corrected chi connectivity index (χ0v) is 16.7. The highest BCUT2D eigenvalue weighted by Crippen LogP contribution is 2.26. The lowest BCUT2D eigenvalue weighted by molar-refractivity contribution is -0.128. The van der Waals surface area contributed by atoms with E-state index in [4.69, 9.17) is 9.47 Å². The van der Waals surface area contributed by atoms with Crippen LogP contribution in [-0.2, 0) is 14.3 Å². The van der Waals surface area contributed by atoms with Crippen molar-refractivity contribution in [1.29, 1.82) is 0 Å². The molecule has 2 atom stereocenters. The molecule has 29 heavy (non-hydrogen) atoms. The molecule has 2 saturated heterocycles. The van der Waals surface area contributed by atoms with Crippen molar-refractivity contribution in [2.24, 2.45) is 0 Å². The first-order valence-electron chi connectivity index (χ1n) is 10.6. The van der Waals surface area contributed by atoms with Gasteiger partial charge in [0.05, 0.1) is 44.5 Å². The van der Waals surface area contributed by atoms with Gasteiger partial charge in [0.1, 0.15) is 5.75 Å². The van der Waals surface area contributed by atoms with Crippen LogP contribution in [0.4, 0.5) is 5.69 Å². The molecule has 0 radical (unpaired) electrons. The van der Waals surface area contributed by atoms with Gasteiger partial charge in [-0.05, 0) is 37.8 Å². The second kappa shape index (κ2) is 9.56. The second-order valence-corrected chi connectivity index (χ2v) is 7.96. The molecule has 2 aliphatic heterocycles. The molecule has 1 aromatic carbocycles. The molecule has 2 unspecified atom stereocenters. The first-order valence-corrected chi connectivity index (χ1v) is 10.6. The van der Waals surface area contributed by atoms with Gasteiger partial charge in [-0.25, -0.2) is 0 Å². The van der Waals surface area contributed by atoms with Crippen LogP contribution >= 0.6 is 0 Å². The van der Waals surface area contributed by atoms with E-state index in [0.717, 1.165) is 31.7 Å². The lowest BCUT2D eigenvalue weighted by atomic mass is 10.1. The van der Waals surface area contributed by atoms with Gasteiger partial charge in [-0.2, -0.15) is 0 Å². The van der Waals surface area contributed by atoms with Gasteiger partial charge in [0.2, 0.25) is 11.8 Å². The molecule has 0 bridgehead atoms. The molecule has 3 fully saturated rings. The van der Waals surface area contributed by atoms with Gasteiger partial charge in [0.15, 0.2) is 0 Å². The number of benzene rings is 1. The number of hydrogen-bond donors (Lipinski definition) is 3. The standard InChI is InChI=1S/C21H30N4O4/c26-20(22-15-4-3-7-17(12-15)29-16-5-1-2-6-16)13-18-23-19(14-21(27)24-18)25-8-10-28-11-9-25/h3-4,7,12,16,18-19,23H,1-2,5-6,8-11,13-14H2,(H,22,26)(H,24,27). The molecular weight excluding hydrogens is 372 g/mol. The number of carbonyl (C=O) groups is 2. The van der Waals surface area contributed by atoms with Crippen LogP contribution in [0.3, 0.4) is 0 Å². The fourth-order valence-electron chi connectivity index (χ4n) is 4.24. The first-order chi connectivity index (χ1) is 14.2. The van der Waals surface area contributed by atoms with E-state index >= 15 is 0 Å². The van der Waals surface area contributed by atoms with Crippen LogP contribution in [-0.4, -0.2) is 61.5 Å². The third-order valence-electron chi connectivity index (χ3n) is 5.71. The van der Waals surface area contributed by atoms with E-state index in [0.29, 0.717) is 25.3 Å². The van der Waals surface area contributed by atoms with Crippen LogP contribution in [0, 0.1) is 0 Å². The maximum atomic E-state index is 12.5. The summed E-state index contributed by atoms with van der Waals surface area (Å²) in [4.78, 5) is 26.9. The van der Waals surface area contributed by atoms with Crippen molar-refractivity contribution in [2.75, 3.05) is 31.6 Å². The number of rotatable bonds is 6. The molecule has 1 saturated carbocycles. The number of hydrogen-bond acceptors (Lipinski definition) is 6. The van der Waals surface area contributed by atoms with Crippen LogP contribution in [0.15, 0.2) is 24.3 Å². The Balaban J connectivity index is 1.30. The first kappa shape index (κ1) is 20.1. The molecule has 3 aliphatic rings. The van der Waals surface area contributed by atoms with Crippen LogP contribution in [0.25, 0.3) is 0 Å². The molecule has 1 aromatic rings. The van der Waals surface area contributed by atoms with E-state index in [2.05, 4.69) is 20.9 Å². The summed E-state index contributed by atoms with van der Waals surface area (Å²) in [5.74, 6) is 0.597. The van der Waals surface area contributed by atoms with E-state index in [1.165, 1.54) is 12.8 Å². The number of nitrogens with one attached hydrogen (secondary N) is 3. The second-order valence-electron chi connectivity index (χ2n) is 7.96. The Morgan fingerprint density at radius 3 is 2.83 bits per heavy atom. The van der Waals surface area contributed by atoms with E-state index in [1.807, 2.05) is 24.3 Å². The average molecular weight is 402 g/mol. The summed E-state index contributed by atoms with van der Waals surface area (Å²) in [6, 6.07) is 7.52. The highest BCUT2D eigenvalue weighted by molar-refractivity contribution is 5.91. The number of morpholine rings is 1. The molecule has 8 heteroatoms. The number of amides is 2. The van der Waals surface area contributed by atoms with Gasteiger partial charge in [-0.1, -0.05) is 6.07 Å². The Morgan fingerprint density at radius 1 is 1.24 bits per heavy atom. The summed E-state index contributed by atoms with van der Waals surface area (Å²) in [5, 5.41) is 9.17. The number of ether oxygens (including phenoxy) is 2. The Kier molecular flexibility index (Phi) is 6.63. The number of carbonyl (C=O) groups excluding carboxylic acids is 2. The zero-order chi connectivity index (χ0) is 20.1. The quantitative estimate of drug-likeness (QED) is 0.667. The Bertz CT molecular complexity index is 716. The predicted molar refractivity (Wildman–Crippen MR) is 108 cm³/mol. The van der Waals surface area contributed by atoms with E-state index in [9.17, 15) is 9.59 Å². The Morgan fingerprint density at radius 2 is 2.03 bits per heavy atom. The lowest BCUT2D eigenvalue weighted by Gasteiger charge is -2.40. The topological polar surface area (TPSA) is 91.9 Å². The monoisotopic (exact) mass is 402 g/mol. The lowest BCUT2D eigenvalue weighted by Crippen LogP contribution is -2.63. The molecule has 8 nitrogen and oxygen atoms in total.